The number of sulfonamides is 1. The van der Waals surface area contributed by atoms with Crippen LogP contribution in [0.3, 0.4) is 0 Å². The molecular weight excluding hydrogens is 364 g/mol. The number of ether oxygens (including phenoxy) is 1. The van der Waals surface area contributed by atoms with Crippen molar-refractivity contribution in [2.24, 2.45) is 5.92 Å². The van der Waals surface area contributed by atoms with Gasteiger partial charge in [0, 0.05) is 38.7 Å². The summed E-state index contributed by atoms with van der Waals surface area (Å²) in [4.78, 5) is 14.7. The van der Waals surface area contributed by atoms with E-state index in [0.29, 0.717) is 32.5 Å². The highest BCUT2D eigenvalue weighted by Gasteiger charge is 2.34. The molecule has 150 valence electrons. The number of carbonyl (C=O) groups excluding carboxylic acids is 1. The Hall–Kier alpha value is -1.44. The predicted molar refractivity (Wildman–Crippen MR) is 105 cm³/mol. The number of hydrogen-bond donors (Lipinski definition) is 0. The summed E-state index contributed by atoms with van der Waals surface area (Å²) in [5.74, 6) is 0.152. The highest BCUT2D eigenvalue weighted by Crippen LogP contribution is 2.25. The number of piperidine rings is 2. The second kappa shape index (κ2) is 9.17. The normalized spacial score (nSPS) is 20.7. The minimum atomic E-state index is -3.33. The van der Waals surface area contributed by atoms with E-state index in [1.54, 1.807) is 4.31 Å². The molecule has 0 radical (unpaired) electrons. The van der Waals surface area contributed by atoms with E-state index in [4.69, 9.17) is 4.74 Å². The Bertz CT molecular complexity index is 707. The van der Waals surface area contributed by atoms with Crippen molar-refractivity contribution in [3.05, 3.63) is 35.9 Å². The van der Waals surface area contributed by atoms with Gasteiger partial charge in [-0.15, -0.1) is 0 Å². The van der Waals surface area contributed by atoms with Crippen molar-refractivity contribution in [3.8, 4) is 0 Å². The van der Waals surface area contributed by atoms with Crippen LogP contribution in [0.4, 0.5) is 0 Å². The first-order valence-corrected chi connectivity index (χ1v) is 11.5. The molecule has 0 spiro atoms. The number of benzene rings is 1. The van der Waals surface area contributed by atoms with Crippen molar-refractivity contribution in [2.75, 3.05) is 32.8 Å². The summed E-state index contributed by atoms with van der Waals surface area (Å²) in [6.45, 7) is 5.07. The van der Waals surface area contributed by atoms with Crippen molar-refractivity contribution in [1.29, 1.82) is 0 Å². The summed E-state index contributed by atoms with van der Waals surface area (Å²) in [6.07, 6.45) is 3.27. The van der Waals surface area contributed by atoms with E-state index in [2.05, 4.69) is 0 Å². The number of hydrogen-bond acceptors (Lipinski definition) is 4. The Morgan fingerprint density at radius 2 is 1.67 bits per heavy atom. The molecule has 1 aromatic carbocycles. The first-order chi connectivity index (χ1) is 13.0. The van der Waals surface area contributed by atoms with E-state index >= 15 is 0 Å². The molecule has 2 saturated heterocycles. The summed E-state index contributed by atoms with van der Waals surface area (Å²) in [5, 5.41) is 0. The SMILES string of the molecule is CCOC1CCN(C(=O)C2CCN(S(=O)(=O)Cc3ccccc3)CC2)CC1. The van der Waals surface area contributed by atoms with Gasteiger partial charge in [0.1, 0.15) is 0 Å². The molecule has 6 nitrogen and oxygen atoms in total. The molecule has 7 heteroatoms. The van der Waals surface area contributed by atoms with Crippen molar-refractivity contribution < 1.29 is 17.9 Å². The summed E-state index contributed by atoms with van der Waals surface area (Å²) >= 11 is 0. The highest BCUT2D eigenvalue weighted by molar-refractivity contribution is 7.88. The van der Waals surface area contributed by atoms with Crippen LogP contribution in [0.2, 0.25) is 0 Å². The standard InChI is InChI=1S/C20H30N2O4S/c1-2-26-19-10-12-21(13-11-19)20(23)18-8-14-22(15-9-18)27(24,25)16-17-6-4-3-5-7-17/h3-7,18-19H,2,8-16H2,1H3. The van der Waals surface area contributed by atoms with Gasteiger partial charge in [0.15, 0.2) is 0 Å². The van der Waals surface area contributed by atoms with Gasteiger partial charge in [-0.05, 0) is 38.2 Å². The average molecular weight is 395 g/mol. The molecule has 1 amide bonds. The van der Waals surface area contributed by atoms with Gasteiger partial charge in [-0.25, -0.2) is 12.7 Å². The van der Waals surface area contributed by atoms with Gasteiger partial charge in [-0.2, -0.15) is 0 Å². The fraction of sp³-hybridized carbons (Fsp3) is 0.650. The molecule has 27 heavy (non-hydrogen) atoms. The van der Waals surface area contributed by atoms with Crippen molar-refractivity contribution in [1.82, 2.24) is 9.21 Å². The van der Waals surface area contributed by atoms with E-state index < -0.39 is 10.0 Å². The first kappa shape index (κ1) is 20.3. The maximum Gasteiger partial charge on any atom is 0.225 e. The minimum absolute atomic E-state index is 0.0252. The maximum atomic E-state index is 12.8. The molecule has 0 N–H and O–H groups in total. The van der Waals surface area contributed by atoms with E-state index in [9.17, 15) is 13.2 Å². The third-order valence-corrected chi connectivity index (χ3v) is 7.39. The quantitative estimate of drug-likeness (QED) is 0.742. The maximum absolute atomic E-state index is 12.8. The van der Waals surface area contributed by atoms with Gasteiger partial charge in [-0.1, -0.05) is 30.3 Å². The van der Waals surface area contributed by atoms with Gasteiger partial charge >= 0.3 is 0 Å². The summed E-state index contributed by atoms with van der Waals surface area (Å²) in [5.41, 5.74) is 0.799. The van der Waals surface area contributed by atoms with Crippen LogP contribution in [0.15, 0.2) is 30.3 Å². The average Bonchev–Trinajstić information content (AvgIpc) is 2.69. The van der Waals surface area contributed by atoms with Crippen molar-refractivity contribution in [2.45, 2.75) is 44.5 Å². The third-order valence-electron chi connectivity index (χ3n) is 5.54. The van der Waals surface area contributed by atoms with Crippen molar-refractivity contribution in [3.63, 3.8) is 0 Å². The minimum Gasteiger partial charge on any atom is -0.378 e. The van der Waals surface area contributed by atoms with Crippen molar-refractivity contribution >= 4 is 15.9 Å². The Morgan fingerprint density at radius 3 is 2.26 bits per heavy atom. The summed E-state index contributed by atoms with van der Waals surface area (Å²) in [7, 11) is -3.33. The lowest BCUT2D eigenvalue weighted by Crippen LogP contribution is -2.47. The fourth-order valence-corrected chi connectivity index (χ4v) is 5.56. The topological polar surface area (TPSA) is 66.9 Å². The Kier molecular flexibility index (Phi) is 6.89. The third kappa shape index (κ3) is 5.30. The van der Waals surface area contributed by atoms with Gasteiger partial charge in [-0.3, -0.25) is 4.79 Å². The first-order valence-electron chi connectivity index (χ1n) is 9.91. The van der Waals surface area contributed by atoms with Gasteiger partial charge in [0.2, 0.25) is 15.9 Å². The monoisotopic (exact) mass is 394 g/mol. The number of likely N-dealkylation sites (tertiary alicyclic amines) is 1. The van der Waals surface area contributed by atoms with Crippen LogP contribution in [0, 0.1) is 5.92 Å². The van der Waals surface area contributed by atoms with E-state index in [1.165, 1.54) is 0 Å². The summed E-state index contributed by atoms with van der Waals surface area (Å²) in [6, 6.07) is 9.25. The lowest BCUT2D eigenvalue weighted by Gasteiger charge is -2.36. The van der Waals surface area contributed by atoms with Gasteiger partial charge in [0.05, 0.1) is 11.9 Å². The molecule has 3 rings (SSSR count). The number of amides is 1. The molecule has 0 saturated carbocycles. The summed E-state index contributed by atoms with van der Waals surface area (Å²) < 4.78 is 32.5. The van der Waals surface area contributed by atoms with Gasteiger partial charge in [0.25, 0.3) is 0 Å². The Balaban J connectivity index is 1.49. The zero-order valence-corrected chi connectivity index (χ0v) is 16.9. The number of carbonyl (C=O) groups is 1. The lowest BCUT2D eigenvalue weighted by molar-refractivity contribution is -0.139. The number of rotatable bonds is 6. The van der Waals surface area contributed by atoms with Crippen LogP contribution >= 0.6 is 0 Å². The second-order valence-electron chi connectivity index (χ2n) is 7.40. The molecule has 2 aliphatic rings. The fourth-order valence-electron chi connectivity index (χ4n) is 3.99. The molecule has 2 aliphatic heterocycles. The van der Waals surface area contributed by atoms with E-state index in [1.807, 2.05) is 42.2 Å². The van der Waals surface area contributed by atoms with Crippen LogP contribution in [-0.2, 0) is 25.3 Å². The smallest absolute Gasteiger partial charge is 0.225 e. The molecule has 1 aromatic rings. The predicted octanol–water partition coefficient (Wildman–Crippen LogP) is 2.26. The zero-order chi connectivity index (χ0) is 19.3. The van der Waals surface area contributed by atoms with Crippen LogP contribution in [0.25, 0.3) is 0 Å². The molecule has 0 aliphatic carbocycles. The molecule has 0 aromatic heterocycles. The van der Waals surface area contributed by atoms with Crippen LogP contribution < -0.4 is 0 Å². The molecule has 2 heterocycles. The van der Waals surface area contributed by atoms with Crippen LogP contribution in [0.5, 0.6) is 0 Å². The Morgan fingerprint density at radius 1 is 1.04 bits per heavy atom. The molecule has 0 atom stereocenters. The largest absolute Gasteiger partial charge is 0.378 e. The van der Waals surface area contributed by atoms with Crippen LogP contribution in [-0.4, -0.2) is 62.4 Å². The van der Waals surface area contributed by atoms with E-state index in [0.717, 1.165) is 31.5 Å². The molecule has 0 bridgehead atoms. The molecule has 0 unspecified atom stereocenters. The zero-order valence-electron chi connectivity index (χ0n) is 16.0. The highest BCUT2D eigenvalue weighted by atomic mass is 32.2. The van der Waals surface area contributed by atoms with Crippen LogP contribution in [0.1, 0.15) is 38.2 Å². The van der Waals surface area contributed by atoms with E-state index in [-0.39, 0.29) is 23.7 Å². The molecular formula is C20H30N2O4S. The van der Waals surface area contributed by atoms with Gasteiger partial charge < -0.3 is 9.64 Å². The second-order valence-corrected chi connectivity index (χ2v) is 9.36. The molecule has 2 fully saturated rings. The lowest BCUT2D eigenvalue weighted by atomic mass is 9.95. The Labute approximate surface area is 162 Å². The number of nitrogens with zero attached hydrogens (tertiary/aromatic N) is 2.